The van der Waals surface area contributed by atoms with Gasteiger partial charge in [-0.2, -0.15) is 0 Å². The Morgan fingerprint density at radius 2 is 1.87 bits per heavy atom. The molecule has 1 unspecified atom stereocenters. The van der Waals surface area contributed by atoms with Crippen LogP contribution in [0, 0.1) is 5.92 Å². The fraction of sp³-hybridized carbons (Fsp3) is 0.586. The second kappa shape index (κ2) is 13.5. The van der Waals surface area contributed by atoms with Crippen molar-refractivity contribution in [2.24, 2.45) is 16.6 Å². The number of carbonyl (C=O) groups is 1. The number of piperazine rings is 1. The summed E-state index contributed by atoms with van der Waals surface area (Å²) in [7, 11) is -1.67. The topological polar surface area (TPSA) is 175 Å². The van der Waals surface area contributed by atoms with E-state index in [0.29, 0.717) is 28.6 Å². The van der Waals surface area contributed by atoms with E-state index >= 15 is 0 Å². The number of aromatic nitrogens is 2. The average Bonchev–Trinajstić information content (AvgIpc) is 3.63. The van der Waals surface area contributed by atoms with Gasteiger partial charge in [-0.25, -0.2) is 23.1 Å². The molecule has 1 spiro atoms. The summed E-state index contributed by atoms with van der Waals surface area (Å²) in [5.41, 5.74) is 14.3. The molecule has 13 nitrogen and oxygen atoms in total. The number of aliphatic imine (C=N–C) groups is 1. The Morgan fingerprint density at radius 3 is 2.51 bits per heavy atom. The van der Waals surface area contributed by atoms with Crippen LogP contribution in [0.15, 0.2) is 23.2 Å². The standard InChI is InChI=1S/C29H42Cl2N10O3S/c1-18-15-29(18)17-40(27-24(31)37-23(26(33)38-27)28(42)35-8-9-36-45(3,43)44)12-13-41(29)21-6-10-39(11-7-21)16-19-4-5-20(30)14-22(19)25(32)34-2/h4-5,14,18,21,36H,6-13,15-17H2,1-3H3,(H2,32,34)(H2,33,38)(H,35,42)/t18-,29?/m1/s1. The lowest BCUT2D eigenvalue weighted by molar-refractivity contribution is 0.0452. The lowest BCUT2D eigenvalue weighted by Gasteiger charge is -2.49. The maximum absolute atomic E-state index is 12.6. The van der Waals surface area contributed by atoms with Crippen molar-refractivity contribution in [2.75, 3.05) is 69.8 Å². The number of sulfonamides is 1. The number of halogens is 2. The predicted molar refractivity (Wildman–Crippen MR) is 178 cm³/mol. The van der Waals surface area contributed by atoms with Crippen molar-refractivity contribution in [2.45, 2.75) is 44.3 Å². The van der Waals surface area contributed by atoms with Gasteiger partial charge in [0.15, 0.2) is 22.5 Å². The summed E-state index contributed by atoms with van der Waals surface area (Å²) < 4.78 is 24.8. The molecule has 2 saturated heterocycles. The van der Waals surface area contributed by atoms with E-state index in [2.05, 4.69) is 46.6 Å². The fourth-order valence-electron chi connectivity index (χ4n) is 6.73. The number of hydrogen-bond acceptors (Lipinski definition) is 10. The third-order valence-electron chi connectivity index (χ3n) is 9.20. The van der Waals surface area contributed by atoms with E-state index < -0.39 is 15.9 Å². The zero-order valence-electron chi connectivity index (χ0n) is 25.9. The lowest BCUT2D eigenvalue weighted by atomic mass is 9.96. The van der Waals surface area contributed by atoms with Gasteiger partial charge in [0.2, 0.25) is 10.0 Å². The van der Waals surface area contributed by atoms with Crippen LogP contribution in [-0.2, 0) is 16.6 Å². The molecule has 1 amide bonds. The van der Waals surface area contributed by atoms with Gasteiger partial charge in [0.25, 0.3) is 5.91 Å². The number of nitrogens with two attached hydrogens (primary N) is 2. The smallest absolute Gasteiger partial charge is 0.273 e. The number of amidine groups is 1. The van der Waals surface area contributed by atoms with Gasteiger partial charge in [-0.05, 0) is 56.0 Å². The number of benzene rings is 1. The minimum atomic E-state index is -3.36. The molecule has 1 aromatic carbocycles. The number of carbonyl (C=O) groups excluding carboxylic acids is 1. The van der Waals surface area contributed by atoms with Crippen molar-refractivity contribution in [1.29, 1.82) is 0 Å². The van der Waals surface area contributed by atoms with E-state index in [1.165, 1.54) is 0 Å². The van der Waals surface area contributed by atoms with Crippen LogP contribution in [0.25, 0.3) is 0 Å². The van der Waals surface area contributed by atoms with E-state index in [1.807, 2.05) is 18.2 Å². The normalized spacial score (nSPS) is 23.4. The summed E-state index contributed by atoms with van der Waals surface area (Å²) in [4.78, 5) is 32.9. The predicted octanol–water partition coefficient (Wildman–Crippen LogP) is 1.54. The van der Waals surface area contributed by atoms with Crippen LogP contribution in [0.1, 0.15) is 47.8 Å². The highest BCUT2D eigenvalue weighted by molar-refractivity contribution is 7.88. The molecule has 1 aliphatic carbocycles. The molecule has 3 heterocycles. The van der Waals surface area contributed by atoms with Crippen LogP contribution >= 0.6 is 23.2 Å². The average molecular weight is 682 g/mol. The number of piperidine rings is 1. The summed E-state index contributed by atoms with van der Waals surface area (Å²) in [5, 5.41) is 3.36. The van der Waals surface area contributed by atoms with E-state index in [0.717, 1.165) is 75.9 Å². The number of nitrogens with zero attached hydrogens (tertiary/aromatic N) is 6. The molecule has 2 atom stereocenters. The SMILES string of the molecule is CN=C(N)c1cc(Cl)ccc1CN1CCC(N2CCN(c3nc(N)c(C(=O)NCCNS(C)(=O)=O)nc3Cl)CC23C[C@H]3C)CC1. The van der Waals surface area contributed by atoms with Gasteiger partial charge in [-0.1, -0.05) is 36.2 Å². The first-order valence-electron chi connectivity index (χ1n) is 15.1. The first kappa shape index (κ1) is 33.6. The molecule has 6 N–H and O–H groups in total. The van der Waals surface area contributed by atoms with Crippen LogP contribution in [0.5, 0.6) is 0 Å². The number of anilines is 2. The maximum atomic E-state index is 12.6. The summed E-state index contributed by atoms with van der Waals surface area (Å²) in [5.74, 6) is 0.911. The molecule has 1 aromatic heterocycles. The second-order valence-electron chi connectivity index (χ2n) is 12.2. The quantitative estimate of drug-likeness (QED) is 0.164. The van der Waals surface area contributed by atoms with Gasteiger partial charge in [0.1, 0.15) is 5.84 Å². The molecule has 0 radical (unpaired) electrons. The van der Waals surface area contributed by atoms with Crippen molar-refractivity contribution in [3.8, 4) is 0 Å². The highest BCUT2D eigenvalue weighted by Gasteiger charge is 2.59. The van der Waals surface area contributed by atoms with Crippen LogP contribution in [-0.4, -0.2) is 111 Å². The van der Waals surface area contributed by atoms with Crippen molar-refractivity contribution in [3.63, 3.8) is 0 Å². The van der Waals surface area contributed by atoms with Crippen molar-refractivity contribution < 1.29 is 13.2 Å². The van der Waals surface area contributed by atoms with Crippen LogP contribution in [0.3, 0.4) is 0 Å². The molecule has 1 saturated carbocycles. The number of nitrogen functional groups attached to an aromatic ring is 1. The first-order valence-corrected chi connectivity index (χ1v) is 17.8. The Kier molecular flexibility index (Phi) is 10.1. The third kappa shape index (κ3) is 7.63. The monoisotopic (exact) mass is 680 g/mol. The zero-order valence-corrected chi connectivity index (χ0v) is 28.2. The van der Waals surface area contributed by atoms with Gasteiger partial charge >= 0.3 is 0 Å². The Morgan fingerprint density at radius 1 is 1.16 bits per heavy atom. The number of likely N-dealkylation sites (tertiary alicyclic amines) is 1. The molecule has 3 aliphatic rings. The minimum Gasteiger partial charge on any atom is -0.384 e. The summed E-state index contributed by atoms with van der Waals surface area (Å²) in [6, 6.07) is 6.32. The Balaban J connectivity index is 1.20. The molecule has 2 aliphatic heterocycles. The van der Waals surface area contributed by atoms with Gasteiger partial charge in [0, 0.05) is 68.5 Å². The zero-order chi connectivity index (χ0) is 32.5. The van der Waals surface area contributed by atoms with Crippen LogP contribution in [0.2, 0.25) is 10.2 Å². The van der Waals surface area contributed by atoms with Crippen molar-refractivity contribution in [1.82, 2.24) is 29.8 Å². The van der Waals surface area contributed by atoms with Gasteiger partial charge < -0.3 is 21.7 Å². The number of rotatable bonds is 10. The second-order valence-corrected chi connectivity index (χ2v) is 14.9. The van der Waals surface area contributed by atoms with Crippen LogP contribution < -0.4 is 26.4 Å². The van der Waals surface area contributed by atoms with E-state index in [1.54, 1.807) is 7.05 Å². The molecule has 16 heteroatoms. The minimum absolute atomic E-state index is 0.0218. The molecule has 45 heavy (non-hydrogen) atoms. The highest BCUT2D eigenvalue weighted by Crippen LogP contribution is 2.52. The molecule has 5 rings (SSSR count). The molecule has 2 aromatic rings. The summed E-state index contributed by atoms with van der Waals surface area (Å²) in [6.45, 7) is 7.52. The van der Waals surface area contributed by atoms with Gasteiger partial charge in [-0.3, -0.25) is 19.6 Å². The van der Waals surface area contributed by atoms with Crippen molar-refractivity contribution >= 4 is 56.6 Å². The highest BCUT2D eigenvalue weighted by atomic mass is 35.5. The first-order chi connectivity index (χ1) is 21.3. The largest absolute Gasteiger partial charge is 0.384 e. The van der Waals surface area contributed by atoms with Crippen LogP contribution in [0.4, 0.5) is 11.6 Å². The molecular weight excluding hydrogens is 639 g/mol. The fourth-order valence-corrected chi connectivity index (χ4v) is 7.62. The molecule has 246 valence electrons. The van der Waals surface area contributed by atoms with E-state index in [4.69, 9.17) is 34.7 Å². The Bertz CT molecular complexity index is 1570. The molecular formula is C29H42Cl2N10O3S. The van der Waals surface area contributed by atoms with Gasteiger partial charge in [0.05, 0.1) is 6.26 Å². The van der Waals surface area contributed by atoms with E-state index in [-0.39, 0.29) is 35.3 Å². The Labute approximate surface area is 274 Å². The maximum Gasteiger partial charge on any atom is 0.273 e. The number of amides is 1. The third-order valence-corrected chi connectivity index (χ3v) is 10.4. The van der Waals surface area contributed by atoms with Gasteiger partial charge in [-0.15, -0.1) is 0 Å². The lowest BCUT2D eigenvalue weighted by Crippen LogP contribution is -2.61. The Hall–Kier alpha value is -2.75. The van der Waals surface area contributed by atoms with Crippen molar-refractivity contribution in [3.05, 3.63) is 45.2 Å². The summed E-state index contributed by atoms with van der Waals surface area (Å²) >= 11 is 12.8. The van der Waals surface area contributed by atoms with E-state index in [9.17, 15) is 13.2 Å². The number of hydrogen-bond donors (Lipinski definition) is 4. The molecule has 3 fully saturated rings. The molecule has 0 bridgehead atoms. The number of nitrogens with one attached hydrogen (secondary N) is 2. The summed E-state index contributed by atoms with van der Waals surface area (Å²) in [6.07, 6.45) is 4.29.